The van der Waals surface area contributed by atoms with Crippen LogP contribution in [0.15, 0.2) is 18.2 Å². The second-order valence-corrected chi connectivity index (χ2v) is 4.43. The molecule has 0 N–H and O–H groups in total. The van der Waals surface area contributed by atoms with Crippen LogP contribution in [0.3, 0.4) is 0 Å². The Balaban J connectivity index is 2.20. The fraction of sp³-hybridized carbons (Fsp3) is 0.417. The molecule has 1 fully saturated rings. The maximum absolute atomic E-state index is 8.99. The molecule has 2 rings (SSSR count). The molecule has 1 saturated carbocycles. The van der Waals surface area contributed by atoms with Crippen LogP contribution in [-0.2, 0) is 6.42 Å². The summed E-state index contributed by atoms with van der Waals surface area (Å²) in [6.07, 6.45) is 2.74. The van der Waals surface area contributed by atoms with Gasteiger partial charge in [-0.2, -0.15) is 5.26 Å². The number of methoxy groups -OCH3 is 1. The lowest BCUT2D eigenvalue weighted by Crippen LogP contribution is -2.02. The van der Waals surface area contributed by atoms with Gasteiger partial charge in [-0.25, -0.2) is 0 Å². The lowest BCUT2D eigenvalue weighted by Gasteiger charge is -2.09. The normalized spacial score (nSPS) is 16.9. The van der Waals surface area contributed by atoms with Crippen molar-refractivity contribution in [2.75, 3.05) is 7.11 Å². The van der Waals surface area contributed by atoms with Crippen molar-refractivity contribution in [2.24, 2.45) is 5.41 Å². The highest BCUT2D eigenvalue weighted by Crippen LogP contribution is 2.48. The molecular weight excluding hydrogens is 210 g/mol. The number of hydrogen-bond donors (Lipinski definition) is 0. The van der Waals surface area contributed by atoms with Crippen LogP contribution >= 0.6 is 11.6 Å². The first-order chi connectivity index (χ1) is 7.19. The lowest BCUT2D eigenvalue weighted by atomic mass is 9.98. The third-order valence-electron chi connectivity index (χ3n) is 2.88. The molecule has 3 heteroatoms. The van der Waals surface area contributed by atoms with Gasteiger partial charge in [0.25, 0.3) is 0 Å². The average molecular weight is 222 g/mol. The number of halogens is 1. The van der Waals surface area contributed by atoms with Crippen molar-refractivity contribution in [1.82, 2.24) is 0 Å². The van der Waals surface area contributed by atoms with Gasteiger partial charge in [0.05, 0.1) is 18.6 Å². The molecule has 78 valence electrons. The summed E-state index contributed by atoms with van der Waals surface area (Å²) in [6, 6.07) is 7.99. The van der Waals surface area contributed by atoms with Gasteiger partial charge in [-0.05, 0) is 37.0 Å². The second kappa shape index (κ2) is 3.75. The predicted octanol–water partition coefficient (Wildman–Crippen LogP) is 3.19. The summed E-state index contributed by atoms with van der Waals surface area (Å²) in [7, 11) is 1.61. The van der Waals surface area contributed by atoms with E-state index in [4.69, 9.17) is 21.6 Å². The largest absolute Gasteiger partial charge is 0.497 e. The first kappa shape index (κ1) is 10.3. The number of nitrogens with zero attached hydrogens (tertiary/aromatic N) is 1. The van der Waals surface area contributed by atoms with Crippen molar-refractivity contribution in [1.29, 1.82) is 5.26 Å². The Labute approximate surface area is 94.4 Å². The summed E-state index contributed by atoms with van der Waals surface area (Å²) in [4.78, 5) is 0. The molecule has 1 aliphatic carbocycles. The number of nitriles is 1. The van der Waals surface area contributed by atoms with Gasteiger partial charge in [0.2, 0.25) is 0 Å². The second-order valence-electron chi connectivity index (χ2n) is 4.03. The number of hydrogen-bond acceptors (Lipinski definition) is 2. The SMILES string of the molecule is COc1ccc(CC2(C#N)CC2)c(Cl)c1. The van der Waals surface area contributed by atoms with Gasteiger partial charge in [0.1, 0.15) is 5.75 Å². The zero-order valence-electron chi connectivity index (χ0n) is 8.59. The number of benzene rings is 1. The fourth-order valence-electron chi connectivity index (χ4n) is 1.64. The standard InChI is InChI=1S/C12H12ClNO/c1-15-10-3-2-9(11(13)6-10)7-12(8-14)4-5-12/h2-3,6H,4-5,7H2,1H3. The molecule has 1 aromatic carbocycles. The monoisotopic (exact) mass is 221 g/mol. The van der Waals surface area contributed by atoms with Crippen LogP contribution in [0, 0.1) is 16.7 Å². The smallest absolute Gasteiger partial charge is 0.120 e. The Morgan fingerprint density at radius 2 is 2.27 bits per heavy atom. The van der Waals surface area contributed by atoms with Crippen LogP contribution in [-0.4, -0.2) is 7.11 Å². The minimum atomic E-state index is -0.141. The highest BCUT2D eigenvalue weighted by molar-refractivity contribution is 6.31. The van der Waals surface area contributed by atoms with Crippen molar-refractivity contribution in [3.63, 3.8) is 0 Å². The summed E-state index contributed by atoms with van der Waals surface area (Å²) in [5, 5.41) is 9.68. The van der Waals surface area contributed by atoms with Crippen molar-refractivity contribution in [2.45, 2.75) is 19.3 Å². The third-order valence-corrected chi connectivity index (χ3v) is 3.23. The van der Waals surface area contributed by atoms with Crippen LogP contribution in [0.1, 0.15) is 18.4 Å². The summed E-state index contributed by atoms with van der Waals surface area (Å²) in [5.41, 5.74) is 0.898. The van der Waals surface area contributed by atoms with Gasteiger partial charge in [-0.15, -0.1) is 0 Å². The van der Waals surface area contributed by atoms with Crippen LogP contribution in [0.5, 0.6) is 5.75 Å². The summed E-state index contributed by atoms with van der Waals surface area (Å²) >= 11 is 6.11. The maximum atomic E-state index is 8.99. The van der Waals surface area contributed by atoms with Crippen molar-refractivity contribution in [3.05, 3.63) is 28.8 Å². The van der Waals surface area contributed by atoms with Crippen LogP contribution < -0.4 is 4.74 Å². The Hall–Kier alpha value is -1.20. The molecule has 0 atom stereocenters. The van der Waals surface area contributed by atoms with E-state index in [9.17, 15) is 0 Å². The molecule has 0 heterocycles. The molecule has 15 heavy (non-hydrogen) atoms. The van der Waals surface area contributed by atoms with Crippen LogP contribution in [0.4, 0.5) is 0 Å². The van der Waals surface area contributed by atoms with Gasteiger partial charge < -0.3 is 4.74 Å². The molecule has 0 amide bonds. The van der Waals surface area contributed by atoms with E-state index in [1.165, 1.54) is 0 Å². The highest BCUT2D eigenvalue weighted by atomic mass is 35.5. The van der Waals surface area contributed by atoms with Gasteiger partial charge in [-0.3, -0.25) is 0 Å². The van der Waals surface area contributed by atoms with E-state index in [-0.39, 0.29) is 5.41 Å². The quantitative estimate of drug-likeness (QED) is 0.785. The fourth-order valence-corrected chi connectivity index (χ4v) is 1.88. The van der Waals surface area contributed by atoms with Crippen molar-refractivity contribution < 1.29 is 4.74 Å². The van der Waals surface area contributed by atoms with E-state index in [0.717, 1.165) is 30.6 Å². The Bertz CT molecular complexity index is 418. The summed E-state index contributed by atoms with van der Waals surface area (Å²) < 4.78 is 5.07. The lowest BCUT2D eigenvalue weighted by molar-refractivity contribution is 0.414. The molecule has 2 nitrogen and oxygen atoms in total. The third kappa shape index (κ3) is 2.08. The predicted molar refractivity (Wildman–Crippen MR) is 59.0 cm³/mol. The van der Waals surface area contributed by atoms with Crippen molar-refractivity contribution in [3.8, 4) is 11.8 Å². The summed E-state index contributed by atoms with van der Waals surface area (Å²) in [5.74, 6) is 0.755. The molecule has 0 radical (unpaired) electrons. The Morgan fingerprint density at radius 3 is 2.73 bits per heavy atom. The number of rotatable bonds is 3. The first-order valence-electron chi connectivity index (χ1n) is 4.93. The van der Waals surface area contributed by atoms with E-state index in [2.05, 4.69) is 6.07 Å². The van der Waals surface area contributed by atoms with Crippen molar-refractivity contribution >= 4 is 11.6 Å². The minimum Gasteiger partial charge on any atom is -0.497 e. The van der Waals surface area contributed by atoms with Gasteiger partial charge >= 0.3 is 0 Å². The van der Waals surface area contributed by atoms with E-state index in [1.807, 2.05) is 12.1 Å². The maximum Gasteiger partial charge on any atom is 0.120 e. The first-order valence-corrected chi connectivity index (χ1v) is 5.31. The summed E-state index contributed by atoms with van der Waals surface area (Å²) in [6.45, 7) is 0. The average Bonchev–Trinajstić information content (AvgIpc) is 3.02. The van der Waals surface area contributed by atoms with Gasteiger partial charge in [0.15, 0.2) is 0 Å². The van der Waals surface area contributed by atoms with Crippen LogP contribution in [0.2, 0.25) is 5.02 Å². The van der Waals surface area contributed by atoms with E-state index < -0.39 is 0 Å². The van der Waals surface area contributed by atoms with Gasteiger partial charge in [-0.1, -0.05) is 17.7 Å². The Kier molecular flexibility index (Phi) is 2.58. The highest BCUT2D eigenvalue weighted by Gasteiger charge is 2.43. The molecule has 0 spiro atoms. The number of ether oxygens (including phenoxy) is 1. The molecule has 0 saturated heterocycles. The topological polar surface area (TPSA) is 33.0 Å². The molecule has 1 aliphatic rings. The molecule has 0 bridgehead atoms. The molecule has 0 unspecified atom stereocenters. The zero-order chi connectivity index (χ0) is 10.9. The molecule has 1 aromatic rings. The molecular formula is C12H12ClNO. The van der Waals surface area contributed by atoms with E-state index in [0.29, 0.717) is 5.02 Å². The molecule has 0 aromatic heterocycles. The zero-order valence-corrected chi connectivity index (χ0v) is 9.34. The van der Waals surface area contributed by atoms with E-state index in [1.54, 1.807) is 13.2 Å². The Morgan fingerprint density at radius 1 is 1.53 bits per heavy atom. The van der Waals surface area contributed by atoms with E-state index >= 15 is 0 Å². The van der Waals surface area contributed by atoms with Crippen LogP contribution in [0.25, 0.3) is 0 Å². The van der Waals surface area contributed by atoms with Gasteiger partial charge in [0, 0.05) is 5.02 Å². The minimum absolute atomic E-state index is 0.141. The molecule has 0 aliphatic heterocycles.